The summed E-state index contributed by atoms with van der Waals surface area (Å²) in [4.78, 5) is 64.2. The highest BCUT2D eigenvalue weighted by Gasteiger charge is 2.24. The van der Waals surface area contributed by atoms with Gasteiger partial charge in [-0.05, 0) is 144 Å². The molecule has 0 saturated carbocycles. The fraction of sp³-hybridized carbons (Fsp3) is 0.330. The first-order valence-corrected chi connectivity index (χ1v) is 39.8. The highest BCUT2D eigenvalue weighted by molar-refractivity contribution is 9.10. The van der Waals surface area contributed by atoms with Crippen molar-refractivity contribution in [2.24, 2.45) is 0 Å². The Morgan fingerprint density at radius 1 is 0.321 bits per heavy atom. The van der Waals surface area contributed by atoms with E-state index in [1.807, 2.05) is 66.7 Å². The van der Waals surface area contributed by atoms with Crippen molar-refractivity contribution < 1.29 is 68.7 Å². The Bertz CT molecular complexity index is 5000. The van der Waals surface area contributed by atoms with Gasteiger partial charge in [0.05, 0.1) is 42.1 Å². The molecule has 0 aliphatic carbocycles. The summed E-state index contributed by atoms with van der Waals surface area (Å²) in [5.41, 5.74) is 2.56. The summed E-state index contributed by atoms with van der Waals surface area (Å²) in [5, 5.41) is 71.8. The zero-order valence-corrected chi connectivity index (χ0v) is 66.0. The highest BCUT2D eigenvalue weighted by Crippen LogP contribution is 2.40. The predicted octanol–water partition coefficient (Wildman–Crippen LogP) is 21.6. The lowest BCUT2D eigenvalue weighted by molar-refractivity contribution is -0.152. The predicted molar refractivity (Wildman–Crippen MR) is 444 cm³/mol. The van der Waals surface area contributed by atoms with Gasteiger partial charge in [0.2, 0.25) is 0 Å². The lowest BCUT2D eigenvalue weighted by Crippen LogP contribution is -2.26. The number of benzene rings is 10. The molecule has 0 spiro atoms. The summed E-state index contributed by atoms with van der Waals surface area (Å²) >= 11 is 3.17. The number of rotatable bonds is 34. The summed E-state index contributed by atoms with van der Waals surface area (Å²) in [6.07, 6.45) is 18.5. The average molecular weight is 1580 g/mol. The number of alkyl halides is 1. The molecule has 2 aromatic heterocycles. The number of phenols is 6. The molecule has 20 nitrogen and oxygen atoms in total. The molecule has 3 unspecified atom stereocenters. The van der Waals surface area contributed by atoms with E-state index in [-0.39, 0.29) is 91.2 Å². The molecule has 6 N–H and O–H groups in total. The first-order valence-electron chi connectivity index (χ1n) is 38.8. The van der Waals surface area contributed by atoms with Gasteiger partial charge >= 0.3 is 17.9 Å². The monoisotopic (exact) mass is 1580 g/mol. The van der Waals surface area contributed by atoms with E-state index >= 15 is 0 Å². The van der Waals surface area contributed by atoms with Gasteiger partial charge in [0, 0.05) is 35.4 Å². The summed E-state index contributed by atoms with van der Waals surface area (Å²) in [6, 6.07) is 54.0. The van der Waals surface area contributed by atoms with Gasteiger partial charge in [-0.25, -0.2) is 39.5 Å². The number of esters is 3. The number of phenolic OH excluding ortho intramolecular Hbond substituents is 6. The molecule has 2 heterocycles. The number of aromatic hydroxyl groups is 6. The molecule has 12 aromatic rings. The molecule has 0 bridgehead atoms. The minimum atomic E-state index is -0.894. The fourth-order valence-electron chi connectivity index (χ4n) is 12.8. The van der Waals surface area contributed by atoms with Crippen molar-refractivity contribution in [1.82, 2.24) is 29.9 Å². The molecule has 112 heavy (non-hydrogen) atoms. The third-order valence-electron chi connectivity index (χ3n) is 19.0. The Hall–Kier alpha value is -11.5. The Balaban J connectivity index is 0.000000221. The van der Waals surface area contributed by atoms with Crippen LogP contribution in [-0.4, -0.2) is 115 Å². The summed E-state index contributed by atoms with van der Waals surface area (Å²) < 4.78 is 27.6. The fourth-order valence-corrected chi connectivity index (χ4v) is 12.9. The molecule has 21 heteroatoms. The molecule has 3 atom stereocenters. The van der Waals surface area contributed by atoms with Gasteiger partial charge in [-0.3, -0.25) is 4.79 Å². The Labute approximate surface area is 662 Å². The highest BCUT2D eigenvalue weighted by atomic mass is 79.9. The number of carbonyl (C=O) groups is 3. The van der Waals surface area contributed by atoms with Crippen LogP contribution in [0.5, 0.6) is 46.0 Å². The van der Waals surface area contributed by atoms with Crippen LogP contribution in [0.3, 0.4) is 0 Å². The van der Waals surface area contributed by atoms with E-state index in [9.17, 15) is 45.0 Å². The number of ether oxygens (including phenoxy) is 5. The van der Waals surface area contributed by atoms with Gasteiger partial charge in [-0.2, -0.15) is 0 Å². The van der Waals surface area contributed by atoms with Crippen LogP contribution in [0.15, 0.2) is 182 Å². The number of fused-ring (bicyclic) bond motifs is 6. The van der Waals surface area contributed by atoms with E-state index in [0.717, 1.165) is 93.6 Å². The zero-order chi connectivity index (χ0) is 79.5. The minimum Gasteiger partial charge on any atom is -0.508 e. The van der Waals surface area contributed by atoms with Crippen molar-refractivity contribution in [3.05, 3.63) is 182 Å². The SMILES string of the molecule is CCCCCCCCOC(=O)C(C)Br.CCCCCCCCOC(=O)C(C)Oc1ccc(-c2nc(-c3ccc4c(ccc5ccccc54)c3)nc(-c3ccc(OC(C)C(=O)OCCCCCCCC)cc3O)n2)c(O)c1.Oc1ccc(-c2nc(-c3ccc4c(ccc5ccccc54)c3)nc(-c3ccc(O)cc3O)n2)c(O)c1. The lowest BCUT2D eigenvalue weighted by atomic mass is 10.00. The minimum absolute atomic E-state index is 0.0938. The van der Waals surface area contributed by atoms with Crippen LogP contribution >= 0.6 is 15.9 Å². The van der Waals surface area contributed by atoms with Crippen molar-refractivity contribution in [1.29, 1.82) is 0 Å². The third-order valence-corrected chi connectivity index (χ3v) is 19.4. The van der Waals surface area contributed by atoms with Crippen LogP contribution < -0.4 is 9.47 Å². The Morgan fingerprint density at radius 3 is 0.973 bits per heavy atom. The molecule has 12 rings (SSSR count). The maximum absolute atomic E-state index is 12.7. The molecule has 0 saturated heterocycles. The number of unbranched alkanes of at least 4 members (excludes halogenated alkanes) is 15. The number of aromatic nitrogens is 6. The van der Waals surface area contributed by atoms with Crippen molar-refractivity contribution in [3.8, 4) is 114 Å². The maximum Gasteiger partial charge on any atom is 0.347 e. The molecular weight excluding hydrogens is 1480 g/mol. The number of hydrogen-bond acceptors (Lipinski definition) is 20. The van der Waals surface area contributed by atoms with E-state index in [4.69, 9.17) is 38.6 Å². The molecule has 584 valence electrons. The molecule has 0 aliphatic heterocycles. The smallest absolute Gasteiger partial charge is 0.347 e. The quantitative estimate of drug-likeness (QED) is 0.00718. The standard InChI is InChI=1S/C51H59N3O8.C29H19N3O4.C11H21BrO2/c1-5-7-9-11-13-17-29-59-50(57)34(3)61-39-24-27-43(45(55)32-39)48-52-47(38-23-26-42-37(31-38)22-21-36-19-15-16-20-41(36)42)53-49(54-48)44-28-25-40(33-46(44)56)62-35(4)51(58)60-30-18-14-12-10-8-6-2;33-19-8-11-23(25(35)14-19)28-30-27(31-29(32-28)24-12-9-20(34)15-26(24)36)18-7-10-22-17(13-18)6-5-16-3-1-2-4-21(16)22;1-3-4-5-6-7-8-9-14-11(13)10(2)12/h15-16,19-28,31-35,55-56H,5-14,17-18,29-30H2,1-4H3;1-15,33-36H;10H,3-9H2,1-2H3. The van der Waals surface area contributed by atoms with Crippen molar-refractivity contribution >= 4 is 76.9 Å². The van der Waals surface area contributed by atoms with Crippen LogP contribution in [0, 0.1) is 0 Å². The molecule has 0 aliphatic rings. The van der Waals surface area contributed by atoms with Gasteiger partial charge in [-0.15, -0.1) is 0 Å². The van der Waals surface area contributed by atoms with E-state index in [0.29, 0.717) is 48.2 Å². The molecule has 0 amide bonds. The second-order valence-electron chi connectivity index (χ2n) is 27.8. The number of carbonyl (C=O) groups excluding carboxylic acids is 3. The lowest BCUT2D eigenvalue weighted by Gasteiger charge is -2.16. The first-order chi connectivity index (χ1) is 54.3. The Morgan fingerprint density at radius 2 is 0.625 bits per heavy atom. The summed E-state index contributed by atoms with van der Waals surface area (Å²) in [5.74, 6) is -0.284. The van der Waals surface area contributed by atoms with Crippen LogP contribution in [0.25, 0.3) is 111 Å². The van der Waals surface area contributed by atoms with Gasteiger partial charge in [0.1, 0.15) is 50.8 Å². The van der Waals surface area contributed by atoms with E-state index in [2.05, 4.69) is 94.1 Å². The maximum atomic E-state index is 12.7. The third kappa shape index (κ3) is 23.1. The molecular formula is C91H99BrN6O14. The van der Waals surface area contributed by atoms with Crippen molar-refractivity contribution in [3.63, 3.8) is 0 Å². The second kappa shape index (κ2) is 41.5. The van der Waals surface area contributed by atoms with Crippen molar-refractivity contribution in [2.45, 2.75) is 174 Å². The summed E-state index contributed by atoms with van der Waals surface area (Å²) in [7, 11) is 0. The van der Waals surface area contributed by atoms with Crippen LogP contribution in [-0.2, 0) is 28.6 Å². The van der Waals surface area contributed by atoms with E-state index < -0.39 is 24.1 Å². The van der Waals surface area contributed by atoms with E-state index in [1.54, 1.807) is 45.0 Å². The topological polar surface area (TPSA) is 296 Å². The van der Waals surface area contributed by atoms with Gasteiger partial charge in [-0.1, -0.05) is 230 Å². The van der Waals surface area contributed by atoms with Gasteiger partial charge in [0.15, 0.2) is 47.2 Å². The number of nitrogens with zero attached hydrogens (tertiary/aromatic N) is 6. The van der Waals surface area contributed by atoms with Crippen LogP contribution in [0.2, 0.25) is 0 Å². The number of hydrogen-bond donors (Lipinski definition) is 6. The molecule has 10 aromatic carbocycles. The van der Waals surface area contributed by atoms with E-state index in [1.165, 1.54) is 119 Å². The van der Waals surface area contributed by atoms with Crippen LogP contribution in [0.1, 0.15) is 157 Å². The van der Waals surface area contributed by atoms with Gasteiger partial charge < -0.3 is 54.3 Å². The second-order valence-corrected chi connectivity index (χ2v) is 29.1. The first kappa shape index (κ1) is 83.0. The number of halogens is 1. The Kier molecular flexibility index (Phi) is 30.8. The largest absolute Gasteiger partial charge is 0.508 e. The van der Waals surface area contributed by atoms with Gasteiger partial charge in [0.25, 0.3) is 0 Å². The molecule has 0 radical (unpaired) electrons. The zero-order valence-electron chi connectivity index (χ0n) is 64.4. The normalized spacial score (nSPS) is 12.0. The van der Waals surface area contributed by atoms with Crippen molar-refractivity contribution in [2.75, 3.05) is 19.8 Å². The molecule has 0 fully saturated rings. The average Bonchev–Trinajstić information content (AvgIpc) is 0.779. The van der Waals surface area contributed by atoms with Crippen LogP contribution in [0.4, 0.5) is 0 Å². The summed E-state index contributed by atoms with van der Waals surface area (Å²) in [6.45, 7) is 12.8.